The van der Waals surface area contributed by atoms with E-state index in [0.717, 1.165) is 39.0 Å². The lowest BCUT2D eigenvalue weighted by Crippen LogP contribution is -2.36. The normalized spacial score (nSPS) is 13.3. The van der Waals surface area contributed by atoms with Crippen molar-refractivity contribution in [1.29, 1.82) is 0 Å². The Hall–Kier alpha value is -1.06. The summed E-state index contributed by atoms with van der Waals surface area (Å²) in [6, 6.07) is 0. The van der Waals surface area contributed by atoms with Crippen LogP contribution in [0.4, 0.5) is 0 Å². The maximum atomic E-state index is 12.2. The number of carbonyl (C=O) groups is 1. The number of hydrogen-bond donors (Lipinski definition) is 1. The predicted octanol–water partition coefficient (Wildman–Crippen LogP) is 10.4. The molecule has 1 amide bonds. The molecule has 4 nitrogen and oxygen atoms in total. The number of carbonyl (C=O) groups excluding carboxylic acids is 1. The minimum absolute atomic E-state index is 0.233. The number of rotatable bonds is 30. The lowest BCUT2D eigenvalue weighted by Gasteiger charge is -2.20. The molecule has 0 spiro atoms. The smallest absolute Gasteiger partial charge is 0.220 e. The molecule has 0 aromatic carbocycles. The molecule has 0 bridgehead atoms. The van der Waals surface area contributed by atoms with Crippen molar-refractivity contribution in [2.24, 2.45) is 4.99 Å². The quantitative estimate of drug-likeness (QED) is 0.0909. The van der Waals surface area contributed by atoms with E-state index in [1.807, 2.05) is 0 Å². The molecule has 0 unspecified atom stereocenters. The second-order valence-electron chi connectivity index (χ2n) is 12.3. The van der Waals surface area contributed by atoms with E-state index in [9.17, 15) is 4.79 Å². The Labute approximate surface area is 245 Å². The van der Waals surface area contributed by atoms with E-state index in [1.54, 1.807) is 0 Å². The van der Waals surface area contributed by atoms with Gasteiger partial charge in [-0.1, -0.05) is 162 Å². The Morgan fingerprint density at radius 3 is 1.49 bits per heavy atom. The minimum Gasteiger partial charge on any atom is -0.357 e. The van der Waals surface area contributed by atoms with Crippen LogP contribution in [-0.2, 0) is 4.79 Å². The van der Waals surface area contributed by atoms with Crippen LogP contribution in [0.25, 0.3) is 0 Å². The molecular formula is C35H69N3O. The van der Waals surface area contributed by atoms with Gasteiger partial charge in [-0.15, -0.1) is 0 Å². The molecule has 1 heterocycles. The first-order chi connectivity index (χ1) is 19.3. The number of hydrogen-bond acceptors (Lipinski definition) is 3. The standard InChI is InChI=1S/C35H69N3O/c1-3-5-7-9-11-13-15-17-19-21-23-25-27-29-35(39)37-31-33-38-32-30-36-34(38)28-26-24-22-20-18-16-14-12-10-8-6-4-2/h3-33H2,1-2H3,(H,37,39). The van der Waals surface area contributed by atoms with E-state index in [-0.39, 0.29) is 5.91 Å². The largest absolute Gasteiger partial charge is 0.357 e. The molecule has 0 saturated heterocycles. The van der Waals surface area contributed by atoms with Gasteiger partial charge in [0.2, 0.25) is 5.91 Å². The molecule has 1 N–H and O–H groups in total. The van der Waals surface area contributed by atoms with Crippen LogP contribution in [-0.4, -0.2) is 42.8 Å². The molecule has 1 aliphatic rings. The van der Waals surface area contributed by atoms with Crippen LogP contribution in [0, 0.1) is 0 Å². The first-order valence-corrected chi connectivity index (χ1v) is 17.8. The summed E-state index contributed by atoms with van der Waals surface area (Å²) in [6.45, 7) is 8.21. The fourth-order valence-electron chi connectivity index (χ4n) is 5.85. The predicted molar refractivity (Wildman–Crippen MR) is 173 cm³/mol. The molecule has 0 aliphatic carbocycles. The number of nitrogens with one attached hydrogen (secondary N) is 1. The van der Waals surface area contributed by atoms with Gasteiger partial charge < -0.3 is 10.2 Å². The third kappa shape index (κ3) is 23.4. The summed E-state index contributed by atoms with van der Waals surface area (Å²) in [4.78, 5) is 19.4. The van der Waals surface area contributed by atoms with Gasteiger partial charge in [-0.25, -0.2) is 0 Å². The highest BCUT2D eigenvalue weighted by Gasteiger charge is 2.16. The molecule has 0 fully saturated rings. The molecule has 230 valence electrons. The maximum absolute atomic E-state index is 12.2. The molecule has 0 radical (unpaired) electrons. The number of amides is 1. The van der Waals surface area contributed by atoms with E-state index in [2.05, 4.69) is 24.1 Å². The van der Waals surface area contributed by atoms with Crippen LogP contribution in [0.5, 0.6) is 0 Å². The summed E-state index contributed by atoms with van der Waals surface area (Å²) in [5, 5.41) is 3.15. The van der Waals surface area contributed by atoms with Crippen LogP contribution in [0.1, 0.15) is 187 Å². The zero-order valence-corrected chi connectivity index (χ0v) is 26.7. The summed E-state index contributed by atoms with van der Waals surface area (Å²) in [5.74, 6) is 1.52. The average Bonchev–Trinajstić information content (AvgIpc) is 3.39. The van der Waals surface area contributed by atoms with Gasteiger partial charge in [0.1, 0.15) is 0 Å². The second kappa shape index (κ2) is 28.5. The molecule has 4 heteroatoms. The lowest BCUT2D eigenvalue weighted by molar-refractivity contribution is -0.121. The third-order valence-electron chi connectivity index (χ3n) is 8.49. The van der Waals surface area contributed by atoms with Crippen molar-refractivity contribution < 1.29 is 4.79 Å². The molecule has 39 heavy (non-hydrogen) atoms. The molecule has 1 rings (SSSR count). The van der Waals surface area contributed by atoms with Gasteiger partial charge >= 0.3 is 0 Å². The molecule has 0 atom stereocenters. The second-order valence-corrected chi connectivity index (χ2v) is 12.3. The third-order valence-corrected chi connectivity index (χ3v) is 8.49. The molecule has 0 aromatic heterocycles. The summed E-state index contributed by atoms with van der Waals surface area (Å²) < 4.78 is 0. The van der Waals surface area contributed by atoms with E-state index in [0.29, 0.717) is 6.42 Å². The number of aliphatic imine (C=N–C) groups is 1. The van der Waals surface area contributed by atoms with Gasteiger partial charge in [0.25, 0.3) is 0 Å². The van der Waals surface area contributed by atoms with Gasteiger partial charge in [-0.3, -0.25) is 9.79 Å². The Kier molecular flexibility index (Phi) is 26.3. The van der Waals surface area contributed by atoms with Crippen LogP contribution < -0.4 is 5.32 Å². The van der Waals surface area contributed by atoms with Crippen LogP contribution in [0.3, 0.4) is 0 Å². The molecular weight excluding hydrogens is 478 g/mol. The Balaban J connectivity index is 1.87. The van der Waals surface area contributed by atoms with E-state index < -0.39 is 0 Å². The van der Waals surface area contributed by atoms with Gasteiger partial charge in [0.05, 0.1) is 12.4 Å². The molecule has 1 aliphatic heterocycles. The van der Waals surface area contributed by atoms with Gasteiger partial charge in [-0.2, -0.15) is 0 Å². The van der Waals surface area contributed by atoms with Crippen molar-refractivity contribution in [2.75, 3.05) is 26.2 Å². The van der Waals surface area contributed by atoms with Crippen molar-refractivity contribution >= 4 is 11.7 Å². The zero-order chi connectivity index (χ0) is 28.1. The Morgan fingerprint density at radius 2 is 1.03 bits per heavy atom. The highest BCUT2D eigenvalue weighted by Crippen LogP contribution is 2.15. The average molecular weight is 548 g/mol. The first kappa shape index (κ1) is 36.0. The van der Waals surface area contributed by atoms with Crippen LogP contribution in [0.2, 0.25) is 0 Å². The lowest BCUT2D eigenvalue weighted by atomic mass is 10.0. The summed E-state index contributed by atoms with van der Waals surface area (Å²) in [7, 11) is 0. The van der Waals surface area contributed by atoms with Gasteiger partial charge in [-0.05, 0) is 12.8 Å². The summed E-state index contributed by atoms with van der Waals surface area (Å²) in [6.07, 6.45) is 36.1. The molecule has 0 saturated carbocycles. The fraction of sp³-hybridized carbons (Fsp3) is 0.943. The van der Waals surface area contributed by atoms with Crippen molar-refractivity contribution in [3.05, 3.63) is 0 Å². The highest BCUT2D eigenvalue weighted by atomic mass is 16.1. The molecule has 0 aromatic rings. The van der Waals surface area contributed by atoms with Crippen molar-refractivity contribution in [1.82, 2.24) is 10.2 Å². The monoisotopic (exact) mass is 548 g/mol. The van der Waals surface area contributed by atoms with Crippen molar-refractivity contribution in [3.63, 3.8) is 0 Å². The Morgan fingerprint density at radius 1 is 0.615 bits per heavy atom. The van der Waals surface area contributed by atoms with Crippen molar-refractivity contribution in [3.8, 4) is 0 Å². The summed E-state index contributed by atoms with van der Waals surface area (Å²) in [5.41, 5.74) is 0. The SMILES string of the molecule is CCCCCCCCCCCCCCCC(=O)NCCN1CCN=C1CCCCCCCCCCCCCC. The van der Waals surface area contributed by atoms with Crippen LogP contribution >= 0.6 is 0 Å². The number of nitrogens with zero attached hydrogens (tertiary/aromatic N) is 2. The highest BCUT2D eigenvalue weighted by molar-refractivity contribution is 5.83. The Bertz CT molecular complexity index is 562. The summed E-state index contributed by atoms with van der Waals surface area (Å²) >= 11 is 0. The number of unbranched alkanes of at least 4 members (excludes halogenated alkanes) is 23. The number of amidine groups is 1. The van der Waals surface area contributed by atoms with Crippen LogP contribution in [0.15, 0.2) is 4.99 Å². The first-order valence-electron chi connectivity index (χ1n) is 17.8. The van der Waals surface area contributed by atoms with Crippen molar-refractivity contribution in [2.45, 2.75) is 187 Å². The maximum Gasteiger partial charge on any atom is 0.220 e. The van der Waals surface area contributed by atoms with E-state index >= 15 is 0 Å². The fourth-order valence-corrected chi connectivity index (χ4v) is 5.85. The van der Waals surface area contributed by atoms with E-state index in [4.69, 9.17) is 4.99 Å². The topological polar surface area (TPSA) is 44.7 Å². The van der Waals surface area contributed by atoms with Gasteiger partial charge in [0.15, 0.2) is 0 Å². The minimum atomic E-state index is 0.233. The van der Waals surface area contributed by atoms with E-state index in [1.165, 1.54) is 160 Å². The van der Waals surface area contributed by atoms with Gasteiger partial charge in [0, 0.05) is 32.5 Å². The zero-order valence-electron chi connectivity index (χ0n) is 26.7.